The lowest BCUT2D eigenvalue weighted by molar-refractivity contribution is 0.253. The lowest BCUT2D eigenvalue weighted by atomic mass is 9.74. The van der Waals surface area contributed by atoms with Gasteiger partial charge in [-0.3, -0.25) is 4.68 Å². The van der Waals surface area contributed by atoms with Gasteiger partial charge >= 0.3 is 0 Å². The van der Waals surface area contributed by atoms with Crippen LogP contribution in [-0.2, 0) is 12.1 Å². The Morgan fingerprint density at radius 2 is 2.29 bits per heavy atom. The molecule has 2 rings (SSSR count). The molecule has 1 aliphatic carbocycles. The first-order valence-corrected chi connectivity index (χ1v) is 5.42. The topological polar surface area (TPSA) is 43.8 Å². The van der Waals surface area contributed by atoms with E-state index in [4.69, 9.17) is 5.73 Å². The van der Waals surface area contributed by atoms with Gasteiger partial charge in [-0.1, -0.05) is 13.8 Å². The van der Waals surface area contributed by atoms with Gasteiger partial charge in [0.25, 0.3) is 0 Å². The van der Waals surface area contributed by atoms with Crippen molar-refractivity contribution in [3.05, 3.63) is 18.0 Å². The maximum atomic E-state index is 6.21. The predicted octanol–water partition coefficient (Wildman–Crippen LogP) is 1.88. The molecule has 2 N–H and O–H groups in total. The maximum absolute atomic E-state index is 6.21. The molecular weight excluding hydrogens is 174 g/mol. The van der Waals surface area contributed by atoms with E-state index in [-0.39, 0.29) is 5.54 Å². The molecule has 3 nitrogen and oxygen atoms in total. The van der Waals surface area contributed by atoms with Crippen LogP contribution in [0.5, 0.6) is 0 Å². The summed E-state index contributed by atoms with van der Waals surface area (Å²) in [5.41, 5.74) is 7.37. The fraction of sp³-hybridized carbons (Fsp3) is 0.727. The third-order valence-corrected chi connectivity index (χ3v) is 3.01. The Hall–Kier alpha value is -0.830. The molecular formula is C11H19N3. The predicted molar refractivity (Wildman–Crippen MR) is 56.8 cm³/mol. The number of nitrogens with zero attached hydrogens (tertiary/aromatic N) is 2. The highest BCUT2D eigenvalue weighted by Crippen LogP contribution is 2.38. The number of hydrogen-bond donors (Lipinski definition) is 1. The molecule has 0 aliphatic heterocycles. The van der Waals surface area contributed by atoms with Crippen LogP contribution in [0.3, 0.4) is 0 Å². The molecule has 1 fully saturated rings. The van der Waals surface area contributed by atoms with E-state index < -0.39 is 0 Å². The van der Waals surface area contributed by atoms with Gasteiger partial charge in [0.05, 0.1) is 6.20 Å². The summed E-state index contributed by atoms with van der Waals surface area (Å²) in [6.07, 6.45) is 7.52. The van der Waals surface area contributed by atoms with Crippen LogP contribution < -0.4 is 5.73 Å². The third kappa shape index (κ3) is 1.69. The van der Waals surface area contributed by atoms with Gasteiger partial charge in [-0.05, 0) is 25.2 Å². The van der Waals surface area contributed by atoms with Crippen LogP contribution in [0.25, 0.3) is 0 Å². The fourth-order valence-corrected chi connectivity index (χ4v) is 1.94. The minimum absolute atomic E-state index is 0.0603. The van der Waals surface area contributed by atoms with Gasteiger partial charge in [0.2, 0.25) is 0 Å². The molecule has 0 unspecified atom stereocenters. The average molecular weight is 193 g/mol. The molecule has 3 heteroatoms. The number of rotatable bonds is 3. The van der Waals surface area contributed by atoms with E-state index in [1.165, 1.54) is 12.0 Å². The van der Waals surface area contributed by atoms with Crippen molar-refractivity contribution in [2.75, 3.05) is 0 Å². The zero-order valence-corrected chi connectivity index (χ0v) is 9.03. The molecule has 1 heterocycles. The summed E-state index contributed by atoms with van der Waals surface area (Å²) in [4.78, 5) is 0. The fourth-order valence-electron chi connectivity index (χ4n) is 1.94. The zero-order chi connectivity index (χ0) is 10.2. The maximum Gasteiger partial charge on any atom is 0.0540 e. The molecule has 1 aromatic rings. The molecule has 1 saturated carbocycles. The second-order valence-electron chi connectivity index (χ2n) is 4.85. The standard InChI is InChI=1S/C11H19N3/c1-9(2)7-14-8-10(6-13-14)11(12)4-3-5-11/h6,8-9H,3-5,7,12H2,1-2H3. The summed E-state index contributed by atoms with van der Waals surface area (Å²) in [6, 6.07) is 0. The van der Waals surface area contributed by atoms with Gasteiger partial charge in [0, 0.05) is 23.8 Å². The van der Waals surface area contributed by atoms with E-state index in [1.54, 1.807) is 0 Å². The molecule has 0 saturated heterocycles. The lowest BCUT2D eigenvalue weighted by Gasteiger charge is -2.37. The molecule has 0 aromatic carbocycles. The Bertz CT molecular complexity index is 310. The first kappa shape index (κ1) is 9.71. The van der Waals surface area contributed by atoms with E-state index >= 15 is 0 Å². The Balaban J connectivity index is 2.09. The van der Waals surface area contributed by atoms with Gasteiger partial charge in [0.15, 0.2) is 0 Å². The van der Waals surface area contributed by atoms with Crippen molar-refractivity contribution in [2.45, 2.75) is 45.2 Å². The Morgan fingerprint density at radius 1 is 1.57 bits per heavy atom. The van der Waals surface area contributed by atoms with Crippen LogP contribution in [-0.4, -0.2) is 9.78 Å². The van der Waals surface area contributed by atoms with Crippen LogP contribution in [0.15, 0.2) is 12.4 Å². The highest BCUT2D eigenvalue weighted by atomic mass is 15.3. The molecule has 0 amide bonds. The average Bonchev–Trinajstić information content (AvgIpc) is 2.47. The second-order valence-corrected chi connectivity index (χ2v) is 4.85. The molecule has 1 aromatic heterocycles. The highest BCUT2D eigenvalue weighted by molar-refractivity contribution is 5.20. The molecule has 78 valence electrons. The van der Waals surface area contributed by atoms with Crippen molar-refractivity contribution in [3.63, 3.8) is 0 Å². The van der Waals surface area contributed by atoms with E-state index in [0.29, 0.717) is 5.92 Å². The lowest BCUT2D eigenvalue weighted by Crippen LogP contribution is -2.42. The molecule has 0 atom stereocenters. The van der Waals surface area contributed by atoms with Gasteiger partial charge in [-0.15, -0.1) is 0 Å². The summed E-state index contributed by atoms with van der Waals surface area (Å²) in [6.45, 7) is 5.38. The molecule has 1 aliphatic rings. The van der Waals surface area contributed by atoms with Gasteiger partial charge < -0.3 is 5.73 Å². The van der Waals surface area contributed by atoms with Crippen molar-refractivity contribution in [1.29, 1.82) is 0 Å². The molecule has 0 spiro atoms. The van der Waals surface area contributed by atoms with Gasteiger partial charge in [-0.2, -0.15) is 5.10 Å². The van der Waals surface area contributed by atoms with Crippen molar-refractivity contribution >= 4 is 0 Å². The number of hydrogen-bond acceptors (Lipinski definition) is 2. The number of nitrogens with two attached hydrogens (primary N) is 1. The Labute approximate surface area is 85.3 Å². The summed E-state index contributed by atoms with van der Waals surface area (Å²) in [5, 5.41) is 4.34. The van der Waals surface area contributed by atoms with Crippen LogP contribution in [0.1, 0.15) is 38.7 Å². The Kier molecular flexibility index (Phi) is 2.35. The summed E-state index contributed by atoms with van der Waals surface area (Å²) in [7, 11) is 0. The summed E-state index contributed by atoms with van der Waals surface area (Å²) in [5.74, 6) is 0.637. The molecule has 0 radical (unpaired) electrons. The SMILES string of the molecule is CC(C)Cn1cc(C2(N)CCC2)cn1. The largest absolute Gasteiger partial charge is 0.321 e. The normalized spacial score (nSPS) is 19.7. The van der Waals surface area contributed by atoms with Crippen molar-refractivity contribution in [2.24, 2.45) is 11.7 Å². The zero-order valence-electron chi connectivity index (χ0n) is 9.03. The van der Waals surface area contributed by atoms with E-state index in [0.717, 1.165) is 19.4 Å². The van der Waals surface area contributed by atoms with E-state index in [9.17, 15) is 0 Å². The monoisotopic (exact) mass is 193 g/mol. The van der Waals surface area contributed by atoms with Gasteiger partial charge in [0.1, 0.15) is 0 Å². The van der Waals surface area contributed by atoms with Crippen LogP contribution in [0, 0.1) is 5.92 Å². The van der Waals surface area contributed by atoms with Crippen LogP contribution in [0.4, 0.5) is 0 Å². The van der Waals surface area contributed by atoms with Crippen molar-refractivity contribution in [3.8, 4) is 0 Å². The Morgan fingerprint density at radius 3 is 2.79 bits per heavy atom. The van der Waals surface area contributed by atoms with Crippen LogP contribution in [0.2, 0.25) is 0 Å². The van der Waals surface area contributed by atoms with Crippen molar-refractivity contribution in [1.82, 2.24) is 9.78 Å². The van der Waals surface area contributed by atoms with Crippen LogP contribution >= 0.6 is 0 Å². The van der Waals surface area contributed by atoms with Gasteiger partial charge in [-0.25, -0.2) is 0 Å². The molecule has 0 bridgehead atoms. The minimum atomic E-state index is -0.0603. The van der Waals surface area contributed by atoms with E-state index in [2.05, 4.69) is 25.1 Å². The number of aromatic nitrogens is 2. The third-order valence-electron chi connectivity index (χ3n) is 3.01. The van der Waals surface area contributed by atoms with E-state index in [1.807, 2.05) is 10.9 Å². The first-order valence-electron chi connectivity index (χ1n) is 5.42. The smallest absolute Gasteiger partial charge is 0.0540 e. The van der Waals surface area contributed by atoms with Crippen molar-refractivity contribution < 1.29 is 0 Å². The first-order chi connectivity index (χ1) is 6.60. The second kappa shape index (κ2) is 3.39. The highest BCUT2D eigenvalue weighted by Gasteiger charge is 2.35. The quantitative estimate of drug-likeness (QED) is 0.796. The minimum Gasteiger partial charge on any atom is -0.321 e. The summed E-state index contributed by atoms with van der Waals surface area (Å²) < 4.78 is 2.01. The molecule has 14 heavy (non-hydrogen) atoms. The summed E-state index contributed by atoms with van der Waals surface area (Å²) >= 11 is 0.